The molecule has 1 radical (unpaired) electrons. The smallest absolute Gasteiger partial charge is 0.155 e. The van der Waals surface area contributed by atoms with E-state index in [9.17, 15) is 4.79 Å². The molecule has 7 heteroatoms. The number of aliphatic hydroxyl groups excluding tert-OH is 1. The van der Waals surface area contributed by atoms with Crippen molar-refractivity contribution < 1.29 is 30.0 Å². The minimum absolute atomic E-state index is 0. The summed E-state index contributed by atoms with van der Waals surface area (Å²) in [5.41, 5.74) is 3.87. The molecule has 2 aromatic carbocycles. The van der Waals surface area contributed by atoms with E-state index in [2.05, 4.69) is 21.0 Å². The number of benzene rings is 2. The fraction of sp³-hybridized carbons (Fsp3) is 0.150. The van der Waals surface area contributed by atoms with E-state index < -0.39 is 0 Å². The first-order chi connectivity index (χ1) is 12.5. The molecule has 141 valence electrons. The molecule has 2 aromatic heterocycles. The zero-order valence-electron chi connectivity index (χ0n) is 15.2. The van der Waals surface area contributed by atoms with Crippen molar-refractivity contribution in [1.82, 2.24) is 19.5 Å². The maximum Gasteiger partial charge on any atom is 0.155 e. The maximum atomic E-state index is 10.0. The summed E-state index contributed by atoms with van der Waals surface area (Å²) in [7, 11) is 1.99. The topological polar surface area (TPSA) is 82.1 Å². The summed E-state index contributed by atoms with van der Waals surface area (Å²) < 4.78 is 2.03. The van der Waals surface area contributed by atoms with Crippen molar-refractivity contribution in [1.29, 1.82) is 0 Å². The van der Waals surface area contributed by atoms with Crippen LogP contribution < -0.4 is 4.98 Å². The monoisotopic (exact) mass is 540 g/mol. The van der Waals surface area contributed by atoms with Gasteiger partial charge in [0.05, 0.1) is 16.8 Å². The first-order valence-corrected chi connectivity index (χ1v) is 8.15. The number of rotatable bonds is 2. The van der Waals surface area contributed by atoms with Crippen LogP contribution in [0.15, 0.2) is 60.4 Å². The van der Waals surface area contributed by atoms with Gasteiger partial charge in [0.1, 0.15) is 5.82 Å². The fourth-order valence-electron chi connectivity index (χ4n) is 2.65. The van der Waals surface area contributed by atoms with Crippen molar-refractivity contribution in [3.8, 4) is 11.6 Å². The molecule has 0 aliphatic carbocycles. The van der Waals surface area contributed by atoms with E-state index in [4.69, 9.17) is 5.11 Å². The average molecular weight is 540 g/mol. The zero-order valence-corrected chi connectivity index (χ0v) is 17.6. The third kappa shape index (κ3) is 4.70. The number of allylic oxidation sites excluding steroid dienone is 2. The molecule has 0 fully saturated rings. The predicted molar refractivity (Wildman–Crippen MR) is 102 cm³/mol. The zero-order chi connectivity index (χ0) is 18.7. The van der Waals surface area contributed by atoms with Gasteiger partial charge in [-0.05, 0) is 42.8 Å². The van der Waals surface area contributed by atoms with Crippen LogP contribution in [0.2, 0.25) is 0 Å². The molecule has 4 aromatic rings. The quantitative estimate of drug-likeness (QED) is 0.310. The predicted octanol–water partition coefficient (Wildman–Crippen LogP) is 3.78. The van der Waals surface area contributed by atoms with Crippen molar-refractivity contribution in [2.45, 2.75) is 13.8 Å². The molecule has 0 spiro atoms. The van der Waals surface area contributed by atoms with Crippen LogP contribution in [0.5, 0.6) is 0 Å². The number of fused-ring (bicyclic) bond motifs is 2. The number of aliphatic hydroxyl groups is 1. The van der Waals surface area contributed by atoms with Gasteiger partial charge in [-0.25, -0.2) is 4.98 Å². The molecule has 27 heavy (non-hydrogen) atoms. The van der Waals surface area contributed by atoms with Crippen LogP contribution in [-0.2, 0) is 31.9 Å². The van der Waals surface area contributed by atoms with Crippen LogP contribution in [0.4, 0.5) is 0 Å². The first-order valence-electron chi connectivity index (χ1n) is 8.15. The molecule has 2 heterocycles. The van der Waals surface area contributed by atoms with Crippen LogP contribution in [0.1, 0.15) is 13.8 Å². The molecule has 0 aliphatic rings. The maximum absolute atomic E-state index is 10.0. The number of aromatic nitrogens is 4. The Labute approximate surface area is 170 Å². The van der Waals surface area contributed by atoms with Crippen LogP contribution in [-0.4, -0.2) is 25.4 Å². The second kappa shape index (κ2) is 8.75. The van der Waals surface area contributed by atoms with Gasteiger partial charge < -0.3 is 19.6 Å². The summed E-state index contributed by atoms with van der Waals surface area (Å²) in [5.74, 6) is 1.42. The van der Waals surface area contributed by atoms with Crippen molar-refractivity contribution in [2.24, 2.45) is 7.05 Å². The van der Waals surface area contributed by atoms with Gasteiger partial charge in [0.25, 0.3) is 0 Å². The minimum Gasteiger partial charge on any atom is -0.512 e. The van der Waals surface area contributed by atoms with Gasteiger partial charge in [-0.2, -0.15) is 0 Å². The summed E-state index contributed by atoms with van der Waals surface area (Å²) in [6.45, 7) is 2.85. The molecule has 0 amide bonds. The molecule has 4 rings (SSSR count). The molecule has 0 aliphatic heterocycles. The third-order valence-corrected chi connectivity index (χ3v) is 3.73. The Morgan fingerprint density at radius 1 is 1.04 bits per heavy atom. The number of carbonyl (C=O) groups is 1. The molecule has 0 bridgehead atoms. The second-order valence-corrected chi connectivity index (χ2v) is 5.92. The normalized spacial score (nSPS) is 11.0. The molecule has 1 N–H and O–H groups in total. The Morgan fingerprint density at radius 3 is 2.22 bits per heavy atom. The van der Waals surface area contributed by atoms with Gasteiger partial charge in [0, 0.05) is 33.2 Å². The molecular formula is C20H19IrN4O2-. The van der Waals surface area contributed by atoms with Gasteiger partial charge in [0.2, 0.25) is 0 Å². The molecular weight excluding hydrogens is 520 g/mol. The Kier molecular flexibility index (Phi) is 6.66. The molecule has 0 unspecified atom stereocenters. The van der Waals surface area contributed by atoms with Crippen LogP contribution in [0.25, 0.3) is 33.7 Å². The number of para-hydroxylation sites is 4. The van der Waals surface area contributed by atoms with Crippen molar-refractivity contribution in [2.75, 3.05) is 0 Å². The van der Waals surface area contributed by atoms with E-state index in [1.807, 2.05) is 54.1 Å². The van der Waals surface area contributed by atoms with Gasteiger partial charge in [0.15, 0.2) is 5.78 Å². The van der Waals surface area contributed by atoms with Crippen LogP contribution in [0.3, 0.4) is 0 Å². The molecule has 0 saturated carbocycles. The Bertz CT molecular complexity index is 1070. The number of imidazole rings is 2. The summed E-state index contributed by atoms with van der Waals surface area (Å²) in [4.78, 5) is 23.7. The fourth-order valence-corrected chi connectivity index (χ4v) is 2.65. The minimum atomic E-state index is -0.125. The van der Waals surface area contributed by atoms with Gasteiger partial charge >= 0.3 is 0 Å². The van der Waals surface area contributed by atoms with Crippen LogP contribution >= 0.6 is 0 Å². The van der Waals surface area contributed by atoms with E-state index >= 15 is 0 Å². The Balaban J connectivity index is 0.000000285. The Morgan fingerprint density at radius 2 is 1.67 bits per heavy atom. The van der Waals surface area contributed by atoms with Crippen LogP contribution in [0, 0.1) is 0 Å². The molecule has 0 atom stereocenters. The van der Waals surface area contributed by atoms with Gasteiger partial charge in [-0.1, -0.05) is 36.4 Å². The van der Waals surface area contributed by atoms with E-state index in [0.29, 0.717) is 5.82 Å². The van der Waals surface area contributed by atoms with E-state index in [1.54, 1.807) is 0 Å². The van der Waals surface area contributed by atoms with E-state index in [-0.39, 0.29) is 31.6 Å². The largest absolute Gasteiger partial charge is 0.512 e. The molecule has 0 saturated heterocycles. The standard InChI is InChI=1S/C15H11N4.C5H8O2.Ir/c1-19-13-9-5-4-8-12(13)18-15(19)14-16-10-6-2-3-7-11(10)17-14;1-4(6)3-5(2)7;/h2-9H,1H3;3,6H,1-2H3;/q-1;;/b;4-3-;. The number of carbonyl (C=O) groups excluding carboxylic acids is 1. The van der Waals surface area contributed by atoms with E-state index in [0.717, 1.165) is 27.9 Å². The number of hydrogen-bond acceptors (Lipinski definition) is 4. The summed E-state index contributed by atoms with van der Waals surface area (Å²) in [5, 5.41) is 8.36. The summed E-state index contributed by atoms with van der Waals surface area (Å²) >= 11 is 0. The number of aryl methyl sites for hydroxylation is 1. The number of nitrogens with zero attached hydrogens (tertiary/aromatic N) is 4. The Hall–Kier alpha value is -2.76. The second-order valence-electron chi connectivity index (χ2n) is 5.92. The molecule has 6 nitrogen and oxygen atoms in total. The van der Waals surface area contributed by atoms with Gasteiger partial charge in [-0.15, -0.1) is 0 Å². The number of hydrogen-bond donors (Lipinski definition) is 1. The summed E-state index contributed by atoms with van der Waals surface area (Å²) in [6.07, 6.45) is 1.17. The van der Waals surface area contributed by atoms with Crippen molar-refractivity contribution >= 4 is 27.9 Å². The van der Waals surface area contributed by atoms with E-state index in [1.165, 1.54) is 19.9 Å². The average Bonchev–Trinajstić information content (AvgIpc) is 3.16. The third-order valence-electron chi connectivity index (χ3n) is 3.73. The van der Waals surface area contributed by atoms with Gasteiger partial charge in [-0.3, -0.25) is 4.79 Å². The summed E-state index contributed by atoms with van der Waals surface area (Å²) in [6, 6.07) is 15.9. The van der Waals surface area contributed by atoms with Crippen molar-refractivity contribution in [3.05, 3.63) is 60.4 Å². The van der Waals surface area contributed by atoms with Crippen molar-refractivity contribution in [3.63, 3.8) is 0 Å². The number of ketones is 1. The SMILES string of the molecule is CC(=O)/C=C(/C)O.Cn1c(-c2nc3ccccc3[n-]2)nc2ccccc21.[Ir]. The first kappa shape index (κ1) is 20.6.